The van der Waals surface area contributed by atoms with Gasteiger partial charge in [-0.05, 0) is 154 Å². The van der Waals surface area contributed by atoms with Crippen LogP contribution in [-0.2, 0) is 65.4 Å². The number of aliphatic hydroxyl groups excluding tert-OH is 1. The molecule has 17 nitrogen and oxygen atoms in total. The Hall–Kier alpha value is -6.10. The number of rotatable bonds is 72. The first-order valence-electron chi connectivity index (χ1n) is 39.7. The van der Waals surface area contributed by atoms with E-state index in [0.717, 1.165) is 173 Å². The molecule has 0 aromatic carbocycles. The Bertz CT molecular complexity index is 2780. The minimum atomic E-state index is -5.01. The van der Waals surface area contributed by atoms with E-state index in [1.165, 1.54) is 6.42 Å². The lowest BCUT2D eigenvalue weighted by Gasteiger charge is -2.21. The van der Waals surface area contributed by atoms with Crippen molar-refractivity contribution >= 4 is 39.5 Å². The SMILES string of the molecule is CC/C=C\C/C=C\C/C=C\C/C=C\C/C=C\C/C=C\CCC(=O)OCC(COP(=O)(O)OCC(O)COP(=O)(O)OCC(COC(=O)CC/C=C\C/C=C\C/C=C\C/C=C\C/C=C\C/C=C\CC)OC(=O)CCCCCCCCC/C=C\C/C=C\C/C=C\CC)OC(=O)CCCCCCC/C=C\CCCC. The van der Waals surface area contributed by atoms with Crippen LogP contribution in [-0.4, -0.2) is 96.7 Å². The normalized spacial score (nSPS) is 14.9. The second kappa shape index (κ2) is 77.1. The molecule has 0 aromatic rings. The van der Waals surface area contributed by atoms with Crippen molar-refractivity contribution in [3.05, 3.63) is 194 Å². The first-order valence-corrected chi connectivity index (χ1v) is 42.7. The Morgan fingerprint density at radius 1 is 0.274 bits per heavy atom. The summed E-state index contributed by atoms with van der Waals surface area (Å²) in [7, 11) is -10.0. The standard InChI is InChI=1S/C87H138O17P2/c1-5-9-13-17-21-25-29-32-35-38-40-43-45-48-52-55-59-63-67-71-84(89)97-77-82(103-86(91)73-69-65-61-57-51-28-24-20-16-12-8-4)79-101-105(93,94)99-75-81(88)76-100-106(95,96)102-80-83(104-87(92)74-70-66-62-58-54-50-47-42-37-34-31-27-23-19-15-11-7-3)78-98-85(90)72-68-64-60-56-53-49-46-44-41-39-36-33-30-26-22-18-14-10-6-2/h9-11,13-15,20-27,32-37,40-41,43-44,48-49,52-53,59-60,63-64,81-83,88H,5-8,12,16-19,28-31,38-39,42,45-47,50-51,54-58,61-62,65-80H2,1-4H3,(H,93,94)(H,95,96)/b13-9-,14-10-,15-11-,24-20-,25-21-,26-22-,27-23-,35-32-,36-33-,37-34-,43-40-,44-41-,52-48-,53-49-,63-59-,64-60-. The van der Waals surface area contributed by atoms with Crippen molar-refractivity contribution in [1.29, 1.82) is 0 Å². The zero-order chi connectivity index (χ0) is 77.4. The van der Waals surface area contributed by atoms with Crippen LogP contribution in [0.1, 0.15) is 272 Å². The number of phosphoric ester groups is 2. The molecule has 598 valence electrons. The van der Waals surface area contributed by atoms with Crippen LogP contribution in [0.3, 0.4) is 0 Å². The fourth-order valence-corrected chi connectivity index (χ4v) is 11.2. The van der Waals surface area contributed by atoms with Gasteiger partial charge in [0.1, 0.15) is 19.3 Å². The third-order valence-corrected chi connectivity index (χ3v) is 17.5. The molecule has 19 heteroatoms. The molecule has 0 rings (SSSR count). The molecule has 0 aliphatic heterocycles. The molecule has 0 saturated heterocycles. The second-order valence-corrected chi connectivity index (χ2v) is 28.4. The average Bonchev–Trinajstić information content (AvgIpc) is 0.901. The molecule has 106 heavy (non-hydrogen) atoms. The summed E-state index contributed by atoms with van der Waals surface area (Å²) in [5.41, 5.74) is 0. The summed E-state index contributed by atoms with van der Waals surface area (Å²) in [5, 5.41) is 10.6. The van der Waals surface area contributed by atoms with Crippen molar-refractivity contribution in [2.45, 2.75) is 290 Å². The molecule has 0 radical (unpaired) electrons. The number of ether oxygens (including phenoxy) is 4. The molecule has 0 amide bonds. The van der Waals surface area contributed by atoms with Crippen molar-refractivity contribution in [2.24, 2.45) is 0 Å². The highest BCUT2D eigenvalue weighted by Gasteiger charge is 2.30. The molecular formula is C87H138O17P2. The van der Waals surface area contributed by atoms with Crippen LogP contribution in [0.25, 0.3) is 0 Å². The zero-order valence-electron chi connectivity index (χ0n) is 65.3. The highest BCUT2D eigenvalue weighted by Crippen LogP contribution is 2.45. The largest absolute Gasteiger partial charge is 0.472 e. The van der Waals surface area contributed by atoms with Crippen molar-refractivity contribution in [3.63, 3.8) is 0 Å². The molecule has 0 spiro atoms. The van der Waals surface area contributed by atoms with E-state index in [1.807, 2.05) is 36.5 Å². The molecule has 0 aliphatic carbocycles. The monoisotopic (exact) mass is 1520 g/mol. The van der Waals surface area contributed by atoms with Crippen LogP contribution < -0.4 is 0 Å². The maximum absolute atomic E-state index is 13.1. The summed E-state index contributed by atoms with van der Waals surface area (Å²) in [4.78, 5) is 72.9. The quantitative estimate of drug-likeness (QED) is 0.0169. The van der Waals surface area contributed by atoms with Gasteiger partial charge in [0.25, 0.3) is 0 Å². The van der Waals surface area contributed by atoms with Gasteiger partial charge in [0.05, 0.1) is 26.4 Å². The van der Waals surface area contributed by atoms with Gasteiger partial charge >= 0.3 is 39.5 Å². The van der Waals surface area contributed by atoms with E-state index >= 15 is 0 Å². The smallest absolute Gasteiger partial charge is 0.462 e. The fourth-order valence-electron chi connectivity index (χ4n) is 9.62. The van der Waals surface area contributed by atoms with Crippen LogP contribution in [0.5, 0.6) is 0 Å². The first-order chi connectivity index (χ1) is 51.7. The number of unbranched alkanes of at least 4 members (excludes halogenated alkanes) is 14. The highest BCUT2D eigenvalue weighted by atomic mass is 31.2. The zero-order valence-corrected chi connectivity index (χ0v) is 67.1. The van der Waals surface area contributed by atoms with Gasteiger partial charge in [0.2, 0.25) is 0 Å². The van der Waals surface area contributed by atoms with Gasteiger partial charge in [-0.15, -0.1) is 0 Å². The third-order valence-electron chi connectivity index (χ3n) is 15.6. The summed E-state index contributed by atoms with van der Waals surface area (Å²) in [6.07, 6.45) is 94.5. The Balaban J connectivity index is 5.49. The van der Waals surface area contributed by atoms with E-state index in [-0.39, 0.29) is 25.7 Å². The predicted octanol–water partition coefficient (Wildman–Crippen LogP) is 23.3. The minimum Gasteiger partial charge on any atom is -0.462 e. The second-order valence-electron chi connectivity index (χ2n) is 25.5. The molecule has 5 atom stereocenters. The molecule has 3 N–H and O–H groups in total. The van der Waals surface area contributed by atoms with Gasteiger partial charge < -0.3 is 33.8 Å². The lowest BCUT2D eigenvalue weighted by Crippen LogP contribution is -2.30. The van der Waals surface area contributed by atoms with Crippen molar-refractivity contribution in [2.75, 3.05) is 39.6 Å². The number of hydrogen-bond donors (Lipinski definition) is 3. The number of esters is 4. The number of carbonyl (C=O) groups is 4. The van der Waals surface area contributed by atoms with Crippen molar-refractivity contribution in [3.8, 4) is 0 Å². The van der Waals surface area contributed by atoms with Crippen LogP contribution in [0.2, 0.25) is 0 Å². The Morgan fingerprint density at radius 2 is 0.509 bits per heavy atom. The van der Waals surface area contributed by atoms with Crippen LogP contribution in [0.4, 0.5) is 0 Å². The van der Waals surface area contributed by atoms with Gasteiger partial charge in [0.15, 0.2) is 12.2 Å². The summed E-state index contributed by atoms with van der Waals surface area (Å²) in [5.74, 6) is -2.41. The number of phosphoric acid groups is 2. The lowest BCUT2D eigenvalue weighted by atomic mass is 10.1. The molecule has 5 unspecified atom stereocenters. The van der Waals surface area contributed by atoms with E-state index in [1.54, 1.807) is 0 Å². The van der Waals surface area contributed by atoms with Crippen LogP contribution in [0.15, 0.2) is 194 Å². The minimum absolute atomic E-state index is 0.0251. The molecule has 0 bridgehead atoms. The van der Waals surface area contributed by atoms with Gasteiger partial charge in [-0.3, -0.25) is 37.3 Å². The van der Waals surface area contributed by atoms with E-state index in [2.05, 4.69) is 186 Å². The van der Waals surface area contributed by atoms with E-state index < -0.39 is 97.5 Å². The van der Waals surface area contributed by atoms with E-state index in [0.29, 0.717) is 38.5 Å². The fraction of sp³-hybridized carbons (Fsp3) is 0.586. The van der Waals surface area contributed by atoms with Gasteiger partial charge in [-0.25, -0.2) is 9.13 Å². The lowest BCUT2D eigenvalue weighted by molar-refractivity contribution is -0.161. The van der Waals surface area contributed by atoms with E-state index in [9.17, 15) is 43.2 Å². The molecule has 0 heterocycles. The first kappa shape index (κ1) is 99.9. The molecular weight excluding hydrogens is 1380 g/mol. The summed E-state index contributed by atoms with van der Waals surface area (Å²) in [6, 6.07) is 0. The summed E-state index contributed by atoms with van der Waals surface area (Å²) in [6.45, 7) is 4.27. The Kier molecular flexibility index (Phi) is 72.6. The third kappa shape index (κ3) is 76.1. The number of carbonyl (C=O) groups excluding carboxylic acids is 4. The topological polar surface area (TPSA) is 237 Å². The van der Waals surface area contributed by atoms with Crippen molar-refractivity contribution in [1.82, 2.24) is 0 Å². The number of hydrogen-bond acceptors (Lipinski definition) is 15. The Labute approximate surface area is 640 Å². The van der Waals surface area contributed by atoms with Gasteiger partial charge in [-0.2, -0.15) is 0 Å². The predicted molar refractivity (Wildman–Crippen MR) is 436 cm³/mol. The molecule has 0 aliphatic rings. The maximum atomic E-state index is 13.1. The van der Waals surface area contributed by atoms with Gasteiger partial charge in [-0.1, -0.05) is 286 Å². The van der Waals surface area contributed by atoms with E-state index in [4.69, 9.17) is 37.0 Å². The summed E-state index contributed by atoms with van der Waals surface area (Å²) < 4.78 is 68.4. The molecule has 0 saturated carbocycles. The Morgan fingerprint density at radius 3 is 0.802 bits per heavy atom. The maximum Gasteiger partial charge on any atom is 0.472 e. The van der Waals surface area contributed by atoms with Crippen molar-refractivity contribution < 1.29 is 80.2 Å². The van der Waals surface area contributed by atoms with Crippen LogP contribution >= 0.6 is 15.6 Å². The van der Waals surface area contributed by atoms with Crippen LogP contribution in [0, 0.1) is 0 Å². The number of aliphatic hydroxyl groups is 1. The average molecular weight is 1520 g/mol. The highest BCUT2D eigenvalue weighted by molar-refractivity contribution is 7.47. The molecule has 0 aromatic heterocycles. The molecule has 0 fully saturated rings. The summed E-state index contributed by atoms with van der Waals surface area (Å²) >= 11 is 0. The van der Waals surface area contributed by atoms with Gasteiger partial charge in [0, 0.05) is 25.7 Å². The number of allylic oxidation sites excluding steroid dienone is 32.